The number of rotatable bonds is 6. The highest BCUT2D eigenvalue weighted by atomic mass is 16.5. The summed E-state index contributed by atoms with van der Waals surface area (Å²) >= 11 is 0. The molecule has 0 aliphatic carbocycles. The molecule has 0 bridgehead atoms. The average molecular weight is 330 g/mol. The number of para-hydroxylation sites is 1. The maximum absolute atomic E-state index is 5.90. The van der Waals surface area contributed by atoms with E-state index < -0.39 is 0 Å². The summed E-state index contributed by atoms with van der Waals surface area (Å²) in [5.41, 5.74) is 2.56. The Morgan fingerprint density at radius 2 is 1.36 bits per heavy atom. The summed E-state index contributed by atoms with van der Waals surface area (Å²) in [5.74, 6) is 1.72. The highest BCUT2D eigenvalue weighted by Crippen LogP contribution is 2.27. The lowest BCUT2D eigenvalue weighted by Crippen LogP contribution is -2.57. The first kappa shape index (κ1) is 15.7. The Morgan fingerprint density at radius 1 is 0.760 bits per heavy atom. The molecule has 0 aromatic heterocycles. The molecule has 1 heterocycles. The van der Waals surface area contributed by atoms with Crippen molar-refractivity contribution in [2.75, 3.05) is 18.0 Å². The van der Waals surface area contributed by atoms with E-state index in [-0.39, 0.29) is 0 Å². The van der Waals surface area contributed by atoms with E-state index in [1.54, 1.807) is 0 Å². The van der Waals surface area contributed by atoms with Crippen LogP contribution in [0.1, 0.15) is 5.56 Å². The van der Waals surface area contributed by atoms with Gasteiger partial charge in [-0.25, -0.2) is 0 Å². The van der Waals surface area contributed by atoms with Crippen molar-refractivity contribution in [3.05, 3.63) is 90.5 Å². The number of ether oxygens (including phenoxy) is 1. The Bertz CT molecular complexity index is 783. The lowest BCUT2D eigenvalue weighted by molar-refractivity contribution is 0.411. The first-order valence-electron chi connectivity index (χ1n) is 8.73. The molecule has 25 heavy (non-hydrogen) atoms. The predicted molar refractivity (Wildman–Crippen MR) is 102 cm³/mol. The monoisotopic (exact) mass is 330 g/mol. The average Bonchev–Trinajstić information content (AvgIpc) is 2.62. The molecular formula is C22H22N2O. The van der Waals surface area contributed by atoms with Crippen LogP contribution in [0.15, 0.2) is 84.9 Å². The molecule has 3 aromatic carbocycles. The quantitative estimate of drug-likeness (QED) is 0.722. The van der Waals surface area contributed by atoms with Gasteiger partial charge in [0.15, 0.2) is 0 Å². The number of anilines is 1. The zero-order valence-electron chi connectivity index (χ0n) is 14.1. The second kappa shape index (κ2) is 7.41. The van der Waals surface area contributed by atoms with Gasteiger partial charge in [-0.1, -0.05) is 48.5 Å². The van der Waals surface area contributed by atoms with Crippen LogP contribution in [0, 0.1) is 0 Å². The molecular weight excluding hydrogens is 308 g/mol. The van der Waals surface area contributed by atoms with E-state index in [0.717, 1.165) is 31.1 Å². The molecule has 0 spiro atoms. The summed E-state index contributed by atoms with van der Waals surface area (Å²) in [4.78, 5) is 2.47. The smallest absolute Gasteiger partial charge is 0.127 e. The molecule has 0 unspecified atom stereocenters. The van der Waals surface area contributed by atoms with Gasteiger partial charge >= 0.3 is 0 Å². The van der Waals surface area contributed by atoms with Crippen LogP contribution in [0.5, 0.6) is 11.5 Å². The van der Waals surface area contributed by atoms with Crippen molar-refractivity contribution in [1.82, 2.24) is 5.32 Å². The van der Waals surface area contributed by atoms with Gasteiger partial charge in [0.25, 0.3) is 0 Å². The van der Waals surface area contributed by atoms with Crippen LogP contribution in [0.3, 0.4) is 0 Å². The Labute approximate surface area is 148 Å². The summed E-state index contributed by atoms with van der Waals surface area (Å²) in [6, 6.07) is 29.5. The zero-order chi connectivity index (χ0) is 16.9. The minimum absolute atomic E-state index is 0.543. The van der Waals surface area contributed by atoms with E-state index in [4.69, 9.17) is 4.74 Å². The lowest BCUT2D eigenvalue weighted by Gasteiger charge is -2.40. The molecule has 3 aromatic rings. The van der Waals surface area contributed by atoms with Crippen LogP contribution in [0.2, 0.25) is 0 Å². The third kappa shape index (κ3) is 3.83. The summed E-state index contributed by atoms with van der Waals surface area (Å²) in [6.45, 7) is 3.00. The molecule has 1 saturated heterocycles. The summed E-state index contributed by atoms with van der Waals surface area (Å²) in [5, 5.41) is 3.37. The topological polar surface area (TPSA) is 24.5 Å². The second-order valence-corrected chi connectivity index (χ2v) is 6.33. The Morgan fingerprint density at radius 3 is 1.96 bits per heavy atom. The highest BCUT2D eigenvalue weighted by molar-refractivity contribution is 5.51. The molecule has 1 fully saturated rings. The Balaban J connectivity index is 1.51. The summed E-state index contributed by atoms with van der Waals surface area (Å²) in [6.07, 6.45) is 0. The molecule has 1 aliphatic rings. The van der Waals surface area contributed by atoms with Crippen molar-refractivity contribution < 1.29 is 4.74 Å². The fraction of sp³-hybridized carbons (Fsp3) is 0.182. The lowest BCUT2D eigenvalue weighted by atomic mass is 10.1. The molecule has 3 heteroatoms. The molecule has 1 N–H and O–H groups in total. The van der Waals surface area contributed by atoms with Gasteiger partial charge in [-0.3, -0.25) is 0 Å². The third-order valence-corrected chi connectivity index (χ3v) is 4.54. The van der Waals surface area contributed by atoms with Crippen molar-refractivity contribution in [3.8, 4) is 11.5 Å². The Hall–Kier alpha value is -2.78. The minimum atomic E-state index is 0.543. The van der Waals surface area contributed by atoms with Crippen molar-refractivity contribution in [1.29, 1.82) is 0 Å². The van der Waals surface area contributed by atoms with E-state index in [1.807, 2.05) is 42.5 Å². The number of hydrogen-bond donors (Lipinski definition) is 1. The van der Waals surface area contributed by atoms with Gasteiger partial charge in [0, 0.05) is 25.3 Å². The normalized spacial score (nSPS) is 13.9. The van der Waals surface area contributed by atoms with E-state index >= 15 is 0 Å². The molecule has 1 aliphatic heterocycles. The Kier molecular flexibility index (Phi) is 4.66. The van der Waals surface area contributed by atoms with Gasteiger partial charge in [-0.15, -0.1) is 0 Å². The zero-order valence-corrected chi connectivity index (χ0v) is 14.1. The van der Waals surface area contributed by atoms with E-state index in [9.17, 15) is 0 Å². The number of nitrogens with one attached hydrogen (secondary N) is 1. The van der Waals surface area contributed by atoms with Crippen molar-refractivity contribution >= 4 is 5.69 Å². The molecule has 0 radical (unpaired) electrons. The van der Waals surface area contributed by atoms with Crippen LogP contribution < -0.4 is 15.0 Å². The van der Waals surface area contributed by atoms with Crippen molar-refractivity contribution in [2.24, 2.45) is 0 Å². The number of hydrogen-bond acceptors (Lipinski definition) is 3. The predicted octanol–water partition coefficient (Wildman–Crippen LogP) is 4.46. The van der Waals surface area contributed by atoms with Crippen LogP contribution in [0.4, 0.5) is 5.69 Å². The first-order valence-corrected chi connectivity index (χ1v) is 8.73. The summed E-state index contributed by atoms with van der Waals surface area (Å²) < 4.78 is 5.90. The minimum Gasteiger partial charge on any atom is -0.457 e. The molecule has 126 valence electrons. The fourth-order valence-electron chi connectivity index (χ4n) is 3.04. The highest BCUT2D eigenvalue weighted by Gasteiger charge is 2.25. The van der Waals surface area contributed by atoms with Gasteiger partial charge in [0.05, 0.1) is 6.04 Å². The van der Waals surface area contributed by atoms with Crippen molar-refractivity contribution in [2.45, 2.75) is 12.6 Å². The molecule has 4 rings (SSSR count). The van der Waals surface area contributed by atoms with E-state index in [0.29, 0.717) is 6.04 Å². The SMILES string of the molecule is c1ccc(CN(c2ccc(Oc3ccccc3)cc2)C2CNC2)cc1. The maximum Gasteiger partial charge on any atom is 0.127 e. The van der Waals surface area contributed by atoms with Gasteiger partial charge < -0.3 is 15.0 Å². The van der Waals surface area contributed by atoms with E-state index in [1.165, 1.54) is 11.3 Å². The number of nitrogens with zero attached hydrogens (tertiary/aromatic N) is 1. The fourth-order valence-corrected chi connectivity index (χ4v) is 3.04. The summed E-state index contributed by atoms with van der Waals surface area (Å²) in [7, 11) is 0. The van der Waals surface area contributed by atoms with Crippen LogP contribution in [-0.2, 0) is 6.54 Å². The van der Waals surface area contributed by atoms with Crippen LogP contribution in [-0.4, -0.2) is 19.1 Å². The van der Waals surface area contributed by atoms with Gasteiger partial charge in [0.2, 0.25) is 0 Å². The third-order valence-electron chi connectivity index (χ3n) is 4.54. The standard InChI is InChI=1S/C22H22N2O/c1-3-7-18(8-4-1)17-24(20-15-23-16-20)19-11-13-22(14-12-19)25-21-9-5-2-6-10-21/h1-14,20,23H,15-17H2. The van der Waals surface area contributed by atoms with Gasteiger partial charge in [-0.05, 0) is 42.0 Å². The van der Waals surface area contributed by atoms with Gasteiger partial charge in [-0.2, -0.15) is 0 Å². The largest absolute Gasteiger partial charge is 0.457 e. The van der Waals surface area contributed by atoms with Crippen LogP contribution in [0.25, 0.3) is 0 Å². The first-order chi connectivity index (χ1) is 12.4. The number of benzene rings is 3. The van der Waals surface area contributed by atoms with Crippen molar-refractivity contribution in [3.63, 3.8) is 0 Å². The van der Waals surface area contributed by atoms with Crippen LogP contribution >= 0.6 is 0 Å². The molecule has 3 nitrogen and oxygen atoms in total. The van der Waals surface area contributed by atoms with Gasteiger partial charge in [0.1, 0.15) is 11.5 Å². The molecule has 0 amide bonds. The molecule has 0 saturated carbocycles. The second-order valence-electron chi connectivity index (χ2n) is 6.33. The molecule has 0 atom stereocenters. The van der Waals surface area contributed by atoms with E-state index in [2.05, 4.69) is 52.7 Å². The maximum atomic E-state index is 5.90.